The molecule has 1 N–H and O–H groups in total. The van der Waals surface area contributed by atoms with E-state index in [0.29, 0.717) is 24.4 Å². The summed E-state index contributed by atoms with van der Waals surface area (Å²) >= 11 is 0. The lowest BCUT2D eigenvalue weighted by Crippen LogP contribution is -2.34. The van der Waals surface area contributed by atoms with E-state index in [1.54, 1.807) is 18.3 Å². The molecule has 3 aromatic rings. The van der Waals surface area contributed by atoms with E-state index >= 15 is 0 Å². The lowest BCUT2D eigenvalue weighted by molar-refractivity contribution is -0.117. The second-order valence-electron chi connectivity index (χ2n) is 8.29. The molecule has 2 aromatic carbocycles. The first-order valence-corrected chi connectivity index (χ1v) is 10.2. The van der Waals surface area contributed by atoms with Crippen LogP contribution in [0.15, 0.2) is 48.7 Å². The van der Waals surface area contributed by atoms with Crippen molar-refractivity contribution in [2.75, 3.05) is 23.8 Å². The van der Waals surface area contributed by atoms with Crippen LogP contribution < -0.4 is 10.2 Å². The first-order chi connectivity index (χ1) is 15.2. The van der Waals surface area contributed by atoms with Gasteiger partial charge in [-0.1, -0.05) is 12.1 Å². The van der Waals surface area contributed by atoms with Crippen LogP contribution in [-0.2, 0) is 10.2 Å². The van der Waals surface area contributed by atoms with Gasteiger partial charge in [0.1, 0.15) is 11.6 Å². The van der Waals surface area contributed by atoms with E-state index in [1.807, 2.05) is 25.8 Å². The van der Waals surface area contributed by atoms with Crippen molar-refractivity contribution in [3.05, 3.63) is 83.2 Å². The summed E-state index contributed by atoms with van der Waals surface area (Å²) in [5.41, 5.74) is 1.86. The molecule has 1 saturated carbocycles. The number of hydrogen-bond acceptors (Lipinski definition) is 4. The van der Waals surface area contributed by atoms with Crippen molar-refractivity contribution in [1.82, 2.24) is 9.97 Å². The average Bonchev–Trinajstić information content (AvgIpc) is 3.46. The molecular weight excluding hydrogens is 417 g/mol. The molecule has 0 aliphatic heterocycles. The molecule has 4 rings (SSSR count). The van der Waals surface area contributed by atoms with E-state index in [0.717, 1.165) is 23.5 Å². The molecule has 8 heteroatoms. The second-order valence-corrected chi connectivity index (χ2v) is 8.29. The van der Waals surface area contributed by atoms with E-state index in [1.165, 1.54) is 18.2 Å². The van der Waals surface area contributed by atoms with Gasteiger partial charge in [0.05, 0.1) is 23.5 Å². The van der Waals surface area contributed by atoms with Gasteiger partial charge in [0, 0.05) is 30.8 Å². The number of carbonyl (C=O) groups is 1. The van der Waals surface area contributed by atoms with Crippen molar-refractivity contribution in [1.29, 1.82) is 0 Å². The smallest absolute Gasteiger partial charge is 0.228 e. The number of nitrogens with one attached hydrogen (secondary N) is 1. The maximum absolute atomic E-state index is 14.0. The molecule has 1 aromatic heterocycles. The molecule has 32 heavy (non-hydrogen) atoms. The molecule has 1 amide bonds. The molecule has 1 fully saturated rings. The number of carbonyl (C=O) groups excluding carboxylic acids is 1. The van der Waals surface area contributed by atoms with Gasteiger partial charge < -0.3 is 10.2 Å². The minimum absolute atomic E-state index is 0.171. The summed E-state index contributed by atoms with van der Waals surface area (Å²) in [6.07, 6.45) is 2.22. The van der Waals surface area contributed by atoms with Crippen LogP contribution in [0.2, 0.25) is 0 Å². The van der Waals surface area contributed by atoms with Gasteiger partial charge >= 0.3 is 0 Å². The lowest BCUT2D eigenvalue weighted by atomic mass is 9.91. The van der Waals surface area contributed by atoms with Crippen LogP contribution in [0.5, 0.6) is 0 Å². The first-order valence-electron chi connectivity index (χ1n) is 10.2. The Morgan fingerprint density at radius 3 is 2.62 bits per heavy atom. The Hall–Kier alpha value is -3.42. The predicted octanol–water partition coefficient (Wildman–Crippen LogP) is 4.54. The quantitative estimate of drug-likeness (QED) is 0.611. The predicted molar refractivity (Wildman–Crippen MR) is 116 cm³/mol. The molecular formula is C24H23F3N4O. The summed E-state index contributed by atoms with van der Waals surface area (Å²) in [6, 6.07) is 9.44. The van der Waals surface area contributed by atoms with Crippen LogP contribution in [-0.4, -0.2) is 29.5 Å². The number of benzene rings is 2. The van der Waals surface area contributed by atoms with Gasteiger partial charge in [0.15, 0.2) is 11.6 Å². The largest absolute Gasteiger partial charge is 0.371 e. The standard InChI is InChI=1S/C24H23F3N4O/c1-14-22(12-28-15(2)29-14)31(3)13-24(16-5-4-6-17(25)9-16)11-19(24)23(32)30-18-7-8-20(26)21(27)10-18/h4-10,12,19H,11,13H2,1-3H3,(H,30,32)/t19-,24+/m0/s1. The van der Waals surface area contributed by atoms with E-state index in [9.17, 15) is 18.0 Å². The van der Waals surface area contributed by atoms with Gasteiger partial charge in [0.25, 0.3) is 0 Å². The molecule has 0 saturated heterocycles. The van der Waals surface area contributed by atoms with Gasteiger partial charge in [-0.2, -0.15) is 0 Å². The Morgan fingerprint density at radius 2 is 1.94 bits per heavy atom. The highest BCUT2D eigenvalue weighted by Crippen LogP contribution is 2.55. The summed E-state index contributed by atoms with van der Waals surface area (Å²) in [4.78, 5) is 23.6. The number of aryl methyl sites for hydroxylation is 2. The second kappa shape index (κ2) is 8.26. The zero-order chi connectivity index (χ0) is 23.0. The molecule has 0 unspecified atom stereocenters. The summed E-state index contributed by atoms with van der Waals surface area (Å²) in [7, 11) is 1.88. The van der Waals surface area contributed by atoms with Gasteiger partial charge in [-0.05, 0) is 50.1 Å². The lowest BCUT2D eigenvalue weighted by Gasteiger charge is -2.28. The zero-order valence-corrected chi connectivity index (χ0v) is 18.0. The maximum atomic E-state index is 14.0. The van der Waals surface area contributed by atoms with Crippen LogP contribution in [0, 0.1) is 37.2 Å². The number of anilines is 2. The van der Waals surface area contributed by atoms with Crippen molar-refractivity contribution >= 4 is 17.3 Å². The number of likely N-dealkylation sites (N-methyl/N-ethyl adjacent to an activating group) is 1. The molecule has 2 atom stereocenters. The van der Waals surface area contributed by atoms with Gasteiger partial charge in [0.2, 0.25) is 5.91 Å². The monoisotopic (exact) mass is 440 g/mol. The van der Waals surface area contributed by atoms with E-state index in [-0.39, 0.29) is 17.4 Å². The Kier molecular flexibility index (Phi) is 5.62. The fourth-order valence-electron chi connectivity index (χ4n) is 4.30. The third-order valence-electron chi connectivity index (χ3n) is 5.98. The Labute approximate surface area is 184 Å². The molecule has 166 valence electrons. The fraction of sp³-hybridized carbons (Fsp3) is 0.292. The SMILES string of the molecule is Cc1ncc(N(C)C[C@@]2(c3cccc(F)c3)C[C@H]2C(=O)Nc2ccc(F)c(F)c2)c(C)n1. The van der Waals surface area contributed by atoms with Crippen LogP contribution in [0.3, 0.4) is 0 Å². The van der Waals surface area contributed by atoms with Crippen LogP contribution in [0.25, 0.3) is 0 Å². The molecule has 0 spiro atoms. The number of aromatic nitrogens is 2. The number of halogens is 3. The zero-order valence-electron chi connectivity index (χ0n) is 18.0. The van der Waals surface area contributed by atoms with Crippen molar-refractivity contribution in [3.8, 4) is 0 Å². The molecule has 1 aliphatic carbocycles. The van der Waals surface area contributed by atoms with Gasteiger partial charge in [-0.15, -0.1) is 0 Å². The minimum atomic E-state index is -1.04. The summed E-state index contributed by atoms with van der Waals surface area (Å²) < 4.78 is 40.8. The molecule has 1 aliphatic rings. The van der Waals surface area contributed by atoms with E-state index < -0.39 is 23.0 Å². The van der Waals surface area contributed by atoms with Crippen molar-refractivity contribution in [2.24, 2.45) is 5.92 Å². The van der Waals surface area contributed by atoms with Gasteiger partial charge in [-0.25, -0.2) is 23.1 Å². The highest BCUT2D eigenvalue weighted by atomic mass is 19.2. The number of amides is 1. The molecule has 1 heterocycles. The molecule has 0 bridgehead atoms. The number of nitrogens with zero attached hydrogens (tertiary/aromatic N) is 3. The van der Waals surface area contributed by atoms with Crippen LogP contribution in [0.4, 0.5) is 24.5 Å². The highest BCUT2D eigenvalue weighted by molar-refractivity contribution is 5.96. The van der Waals surface area contributed by atoms with Crippen LogP contribution >= 0.6 is 0 Å². The van der Waals surface area contributed by atoms with Crippen molar-refractivity contribution in [2.45, 2.75) is 25.7 Å². The third kappa shape index (κ3) is 4.17. The first kappa shape index (κ1) is 21.8. The third-order valence-corrected chi connectivity index (χ3v) is 5.98. The summed E-state index contributed by atoms with van der Waals surface area (Å²) in [5.74, 6) is -2.54. The summed E-state index contributed by atoms with van der Waals surface area (Å²) in [5, 5.41) is 2.66. The fourth-order valence-corrected chi connectivity index (χ4v) is 4.30. The van der Waals surface area contributed by atoms with Crippen LogP contribution in [0.1, 0.15) is 23.5 Å². The number of hydrogen-bond donors (Lipinski definition) is 1. The minimum Gasteiger partial charge on any atom is -0.371 e. The topological polar surface area (TPSA) is 58.1 Å². The van der Waals surface area contributed by atoms with Gasteiger partial charge in [-0.3, -0.25) is 4.79 Å². The summed E-state index contributed by atoms with van der Waals surface area (Å²) in [6.45, 7) is 4.12. The van der Waals surface area contributed by atoms with E-state index in [2.05, 4.69) is 15.3 Å². The normalized spacial score (nSPS) is 19.5. The Bertz CT molecular complexity index is 1190. The van der Waals surface area contributed by atoms with Crippen molar-refractivity contribution < 1.29 is 18.0 Å². The molecule has 5 nitrogen and oxygen atoms in total. The van der Waals surface area contributed by atoms with Crippen molar-refractivity contribution in [3.63, 3.8) is 0 Å². The Morgan fingerprint density at radius 1 is 1.16 bits per heavy atom. The maximum Gasteiger partial charge on any atom is 0.228 e. The average molecular weight is 440 g/mol. The van der Waals surface area contributed by atoms with E-state index in [4.69, 9.17) is 0 Å². The highest BCUT2D eigenvalue weighted by Gasteiger charge is 2.59. The number of rotatable bonds is 6. The Balaban J connectivity index is 1.61. The molecule has 0 radical (unpaired) electrons.